The third kappa shape index (κ3) is 4.93. The lowest BCUT2D eigenvalue weighted by atomic mass is 9.96. The Hall–Kier alpha value is -3.44. The first kappa shape index (κ1) is 24.3. The highest BCUT2D eigenvalue weighted by molar-refractivity contribution is 7.16. The van der Waals surface area contributed by atoms with E-state index in [0.29, 0.717) is 0 Å². The minimum absolute atomic E-state index is 0.0705. The average molecular weight is 497 g/mol. The van der Waals surface area contributed by atoms with Gasteiger partial charge in [-0.3, -0.25) is 4.79 Å². The molecule has 5 heteroatoms. The maximum Gasteiger partial charge on any atom is 0.259 e. The number of anilines is 1. The molecule has 0 fully saturated rings. The second-order valence-corrected chi connectivity index (χ2v) is 10.6. The number of nitrogens with one attached hydrogen (secondary N) is 1. The summed E-state index contributed by atoms with van der Waals surface area (Å²) >= 11 is 1.67. The zero-order valence-electron chi connectivity index (χ0n) is 21.2. The highest BCUT2D eigenvalue weighted by Crippen LogP contribution is 2.40. The fourth-order valence-corrected chi connectivity index (χ4v) is 6.23. The van der Waals surface area contributed by atoms with Crippen molar-refractivity contribution in [2.24, 2.45) is 4.99 Å². The molecular formula is C31H32N2O2S. The Bertz CT molecular complexity index is 1450. The van der Waals surface area contributed by atoms with E-state index < -0.39 is 0 Å². The van der Waals surface area contributed by atoms with Crippen LogP contribution in [0.5, 0.6) is 5.75 Å². The second-order valence-electron chi connectivity index (χ2n) is 9.53. The van der Waals surface area contributed by atoms with Gasteiger partial charge in [-0.15, -0.1) is 11.3 Å². The lowest BCUT2D eigenvalue weighted by Crippen LogP contribution is -2.15. The van der Waals surface area contributed by atoms with Crippen LogP contribution in [0.2, 0.25) is 0 Å². The van der Waals surface area contributed by atoms with Gasteiger partial charge in [-0.2, -0.15) is 0 Å². The summed E-state index contributed by atoms with van der Waals surface area (Å²) in [6, 6.07) is 18.4. The van der Waals surface area contributed by atoms with Crippen LogP contribution in [-0.4, -0.2) is 19.2 Å². The van der Waals surface area contributed by atoms with Crippen LogP contribution in [-0.2, 0) is 12.8 Å². The normalized spacial score (nSPS) is 13.9. The molecule has 0 spiro atoms. The van der Waals surface area contributed by atoms with Crippen LogP contribution in [0.25, 0.3) is 10.8 Å². The van der Waals surface area contributed by atoms with E-state index in [9.17, 15) is 4.79 Å². The third-order valence-corrected chi connectivity index (χ3v) is 8.18. The van der Waals surface area contributed by atoms with E-state index in [1.54, 1.807) is 18.4 Å². The summed E-state index contributed by atoms with van der Waals surface area (Å²) in [5.74, 6) is 0.701. The van der Waals surface area contributed by atoms with Gasteiger partial charge in [-0.05, 0) is 79.1 Å². The van der Waals surface area contributed by atoms with Gasteiger partial charge >= 0.3 is 0 Å². The number of fused-ring (bicyclic) bond motifs is 2. The number of methoxy groups -OCH3 is 1. The minimum Gasteiger partial charge on any atom is -0.496 e. The maximum absolute atomic E-state index is 13.8. The smallest absolute Gasteiger partial charge is 0.259 e. The number of thiophene rings is 1. The molecule has 0 atom stereocenters. The number of ether oxygens (including phenoxy) is 1. The van der Waals surface area contributed by atoms with Crippen LogP contribution in [0.3, 0.4) is 0 Å². The van der Waals surface area contributed by atoms with Crippen LogP contribution in [0, 0.1) is 13.8 Å². The van der Waals surface area contributed by atoms with Crippen LogP contribution in [0.4, 0.5) is 10.7 Å². The fourth-order valence-electron chi connectivity index (χ4n) is 5.00. The van der Waals surface area contributed by atoms with Gasteiger partial charge in [0.15, 0.2) is 0 Å². The zero-order valence-corrected chi connectivity index (χ0v) is 22.0. The van der Waals surface area contributed by atoms with Gasteiger partial charge < -0.3 is 10.1 Å². The molecule has 0 saturated carbocycles. The van der Waals surface area contributed by atoms with Crippen LogP contribution >= 0.6 is 11.3 Å². The summed E-state index contributed by atoms with van der Waals surface area (Å²) in [4.78, 5) is 20.0. The van der Waals surface area contributed by atoms with Crippen molar-refractivity contribution in [2.75, 3.05) is 12.4 Å². The number of aryl methyl sites for hydroxylation is 3. The molecule has 1 aliphatic carbocycles. The Labute approximate surface area is 217 Å². The molecule has 1 N–H and O–H groups in total. The van der Waals surface area contributed by atoms with E-state index in [2.05, 4.69) is 35.6 Å². The molecule has 0 aliphatic heterocycles. The van der Waals surface area contributed by atoms with E-state index in [4.69, 9.17) is 9.73 Å². The van der Waals surface area contributed by atoms with Crippen molar-refractivity contribution >= 4 is 44.9 Å². The second kappa shape index (κ2) is 10.7. The molecule has 0 saturated heterocycles. The molecule has 0 radical (unpaired) electrons. The van der Waals surface area contributed by atoms with Crippen molar-refractivity contribution in [3.63, 3.8) is 0 Å². The Morgan fingerprint density at radius 3 is 2.64 bits per heavy atom. The topological polar surface area (TPSA) is 50.7 Å². The van der Waals surface area contributed by atoms with Crippen LogP contribution < -0.4 is 10.1 Å². The van der Waals surface area contributed by atoms with E-state index in [-0.39, 0.29) is 5.91 Å². The Morgan fingerprint density at radius 2 is 1.81 bits per heavy atom. The van der Waals surface area contributed by atoms with Gasteiger partial charge in [0.1, 0.15) is 10.8 Å². The molecule has 0 unspecified atom stereocenters. The van der Waals surface area contributed by atoms with Gasteiger partial charge in [-0.1, -0.05) is 55.3 Å². The highest BCUT2D eigenvalue weighted by atomic mass is 32.1. The third-order valence-electron chi connectivity index (χ3n) is 6.98. The first-order chi connectivity index (χ1) is 17.5. The van der Waals surface area contributed by atoms with Gasteiger partial charge in [-0.25, -0.2) is 4.99 Å². The highest BCUT2D eigenvalue weighted by Gasteiger charge is 2.24. The number of carbonyl (C=O) groups is 1. The summed E-state index contributed by atoms with van der Waals surface area (Å²) in [6.45, 7) is 4.07. The van der Waals surface area contributed by atoms with Crippen LogP contribution in [0.15, 0.2) is 59.6 Å². The molecule has 1 aliphatic rings. The van der Waals surface area contributed by atoms with Crippen molar-refractivity contribution in [3.8, 4) is 5.75 Å². The lowest BCUT2D eigenvalue weighted by Gasteiger charge is -2.13. The number of hydrogen-bond acceptors (Lipinski definition) is 4. The van der Waals surface area contributed by atoms with E-state index in [0.717, 1.165) is 75.1 Å². The summed E-state index contributed by atoms with van der Waals surface area (Å²) in [6.07, 6.45) is 8.52. The van der Waals surface area contributed by atoms with E-state index >= 15 is 0 Å². The summed E-state index contributed by atoms with van der Waals surface area (Å²) in [5.41, 5.74) is 5.87. The van der Waals surface area contributed by atoms with Crippen molar-refractivity contribution in [3.05, 3.63) is 87.3 Å². The predicted molar refractivity (Wildman–Crippen MR) is 152 cm³/mol. The number of nitrogens with zero attached hydrogens (tertiary/aromatic N) is 1. The van der Waals surface area contributed by atoms with Crippen molar-refractivity contribution in [2.45, 2.75) is 52.4 Å². The maximum atomic E-state index is 13.8. The molecule has 1 aromatic heterocycles. The van der Waals surface area contributed by atoms with Gasteiger partial charge in [0.25, 0.3) is 5.91 Å². The molecule has 36 heavy (non-hydrogen) atoms. The van der Waals surface area contributed by atoms with E-state index in [1.165, 1.54) is 23.3 Å². The first-order valence-corrected chi connectivity index (χ1v) is 13.5. The summed E-state index contributed by atoms with van der Waals surface area (Å²) in [7, 11) is 1.68. The van der Waals surface area contributed by atoms with Gasteiger partial charge in [0, 0.05) is 22.3 Å². The number of amides is 1. The number of carbonyl (C=O) groups excluding carboxylic acids is 1. The Kier molecular flexibility index (Phi) is 7.19. The lowest BCUT2D eigenvalue weighted by molar-refractivity contribution is 0.102. The predicted octanol–water partition coefficient (Wildman–Crippen LogP) is 8.19. The Balaban J connectivity index is 1.59. The summed E-state index contributed by atoms with van der Waals surface area (Å²) in [5, 5.41) is 6.19. The van der Waals surface area contributed by atoms with Crippen LogP contribution in [0.1, 0.15) is 63.2 Å². The molecule has 1 heterocycles. The van der Waals surface area contributed by atoms with E-state index in [1.807, 2.05) is 44.3 Å². The first-order valence-electron chi connectivity index (χ1n) is 12.7. The largest absolute Gasteiger partial charge is 0.496 e. The standard InChI is InChI=1S/C31H32N2O2S/c1-20-14-15-21(2)26(18-20)33-30(34)29-24-12-6-4-5-7-13-28(24)36-31(29)32-19-25-23-11-9-8-10-22(23)16-17-27(25)35-3/h8-11,14-19H,4-7,12-13H2,1-3H3,(H,33,34). The van der Waals surface area contributed by atoms with Gasteiger partial charge in [0.2, 0.25) is 0 Å². The average Bonchev–Trinajstić information content (AvgIpc) is 3.20. The minimum atomic E-state index is -0.0705. The summed E-state index contributed by atoms with van der Waals surface area (Å²) < 4.78 is 5.67. The molecule has 0 bridgehead atoms. The fraction of sp³-hybridized carbons (Fsp3) is 0.290. The molecular weight excluding hydrogens is 464 g/mol. The van der Waals surface area contributed by atoms with Gasteiger partial charge in [0.05, 0.1) is 12.7 Å². The van der Waals surface area contributed by atoms with Crippen molar-refractivity contribution < 1.29 is 9.53 Å². The molecule has 4 aromatic rings. The number of hydrogen-bond donors (Lipinski definition) is 1. The molecule has 184 valence electrons. The zero-order chi connectivity index (χ0) is 25.1. The molecule has 3 aromatic carbocycles. The molecule has 4 nitrogen and oxygen atoms in total. The quantitative estimate of drug-likeness (QED) is 0.283. The number of rotatable bonds is 5. The molecule has 1 amide bonds. The number of benzene rings is 3. The monoisotopic (exact) mass is 496 g/mol. The molecule has 5 rings (SSSR count). The Morgan fingerprint density at radius 1 is 1.00 bits per heavy atom. The SMILES string of the molecule is COc1ccc2ccccc2c1C=Nc1sc2c(c1C(=O)Nc1cc(C)ccc1C)CCCCCC2. The number of aliphatic imine (C=N–C) groups is 1. The van der Waals surface area contributed by atoms with Crippen molar-refractivity contribution in [1.82, 2.24) is 0 Å². The van der Waals surface area contributed by atoms with Crippen molar-refractivity contribution in [1.29, 1.82) is 0 Å².